The minimum Gasteiger partial charge on any atom is -0.493 e. The van der Waals surface area contributed by atoms with E-state index in [1.165, 1.54) is 16.7 Å². The molecule has 1 aliphatic carbocycles. The zero-order chi connectivity index (χ0) is 31.3. The number of ether oxygens (including phenoxy) is 4. The summed E-state index contributed by atoms with van der Waals surface area (Å²) in [6, 6.07) is 28.3. The monoisotopic (exact) mass is 606 g/mol. The molecule has 1 N–H and O–H groups in total. The van der Waals surface area contributed by atoms with Gasteiger partial charge in [-0.1, -0.05) is 60.7 Å². The first-order chi connectivity index (χ1) is 22.0. The lowest BCUT2D eigenvalue weighted by Crippen LogP contribution is -2.44. The number of aryl methyl sites for hydroxylation is 2. The summed E-state index contributed by atoms with van der Waals surface area (Å²) in [4.78, 5) is 17.0. The Labute approximate surface area is 266 Å². The highest BCUT2D eigenvalue weighted by Crippen LogP contribution is 2.43. The fourth-order valence-electron chi connectivity index (χ4n) is 7.10. The highest BCUT2D eigenvalue weighted by Gasteiger charge is 2.38. The number of rotatable bonds is 10. The van der Waals surface area contributed by atoms with E-state index in [-0.39, 0.29) is 18.0 Å². The molecule has 45 heavy (non-hydrogen) atoms. The van der Waals surface area contributed by atoms with Crippen molar-refractivity contribution in [2.75, 3.05) is 35.0 Å². The Morgan fingerprint density at radius 1 is 0.756 bits per heavy atom. The predicted octanol–water partition coefficient (Wildman–Crippen LogP) is 6.80. The summed E-state index contributed by atoms with van der Waals surface area (Å²) in [6.07, 6.45) is 4.30. The Balaban J connectivity index is 1.45. The van der Waals surface area contributed by atoms with Crippen LogP contribution in [0.3, 0.4) is 0 Å². The molecule has 1 heterocycles. The summed E-state index contributed by atoms with van der Waals surface area (Å²) >= 11 is 0. The number of nitrogens with one attached hydrogen (secondary N) is 1. The van der Waals surface area contributed by atoms with E-state index in [9.17, 15) is 4.79 Å². The summed E-state index contributed by atoms with van der Waals surface area (Å²) in [5.74, 6) is 2.78. The molecule has 3 atom stereocenters. The zero-order valence-electron chi connectivity index (χ0n) is 26.5. The van der Waals surface area contributed by atoms with Gasteiger partial charge < -0.3 is 24.3 Å². The van der Waals surface area contributed by atoms with Crippen LogP contribution in [-0.4, -0.2) is 45.8 Å². The maximum atomic E-state index is 14.6. The van der Waals surface area contributed by atoms with Crippen molar-refractivity contribution >= 4 is 5.91 Å². The number of carbonyl (C=O) groups excluding carboxylic acids is 1. The van der Waals surface area contributed by atoms with Crippen LogP contribution in [-0.2, 0) is 24.1 Å². The van der Waals surface area contributed by atoms with Crippen molar-refractivity contribution in [3.05, 3.63) is 118 Å². The van der Waals surface area contributed by atoms with Crippen LogP contribution in [0.5, 0.6) is 23.0 Å². The third-order valence-electron chi connectivity index (χ3n) is 9.29. The van der Waals surface area contributed by atoms with E-state index in [1.54, 1.807) is 28.4 Å². The van der Waals surface area contributed by atoms with Gasteiger partial charge >= 0.3 is 0 Å². The smallest absolute Gasteiger partial charge is 0.242 e. The van der Waals surface area contributed by atoms with Gasteiger partial charge in [-0.2, -0.15) is 0 Å². The van der Waals surface area contributed by atoms with Crippen molar-refractivity contribution in [1.82, 2.24) is 10.2 Å². The van der Waals surface area contributed by atoms with Crippen molar-refractivity contribution < 1.29 is 23.7 Å². The molecule has 1 aliphatic heterocycles. The van der Waals surface area contributed by atoms with Crippen LogP contribution in [0, 0.1) is 0 Å². The second kappa shape index (κ2) is 13.7. The fraction of sp³-hybridized carbons (Fsp3) is 0.342. The van der Waals surface area contributed by atoms with Gasteiger partial charge in [-0.25, -0.2) is 0 Å². The Kier molecular flexibility index (Phi) is 9.26. The summed E-state index contributed by atoms with van der Waals surface area (Å²) in [7, 11) is 6.64. The van der Waals surface area contributed by atoms with Crippen LogP contribution in [0.15, 0.2) is 84.9 Å². The van der Waals surface area contributed by atoms with Gasteiger partial charge in [0.2, 0.25) is 5.91 Å². The Bertz CT molecular complexity index is 1640. The van der Waals surface area contributed by atoms with Gasteiger partial charge in [-0.15, -0.1) is 0 Å². The van der Waals surface area contributed by atoms with Gasteiger partial charge in [-0.3, -0.25) is 9.69 Å². The lowest BCUT2D eigenvalue weighted by Gasteiger charge is -2.38. The molecule has 4 aromatic carbocycles. The first-order valence-corrected chi connectivity index (χ1v) is 15.7. The lowest BCUT2D eigenvalue weighted by molar-refractivity contribution is -0.128. The standard InChI is InChI=1S/C38H42N2O5/c1-42-33-19-16-25(22-34(33)43-2)21-32-30-24-36(45-4)35(44-3)23-28(30)14-10-20-40(32)37(27-12-6-5-7-13-27)38(41)39-31-18-17-26-11-8-9-15-29(26)31/h5-9,11-13,15-16,19,22-24,31-32,37H,10,14,17-18,20-21H2,1-4H3,(H,39,41). The molecule has 234 valence electrons. The summed E-state index contributed by atoms with van der Waals surface area (Å²) in [5.41, 5.74) is 6.94. The zero-order valence-corrected chi connectivity index (χ0v) is 26.5. The van der Waals surface area contributed by atoms with E-state index >= 15 is 0 Å². The van der Waals surface area contributed by atoms with E-state index < -0.39 is 6.04 Å². The van der Waals surface area contributed by atoms with Gasteiger partial charge in [0.15, 0.2) is 23.0 Å². The molecule has 0 bridgehead atoms. The fourth-order valence-corrected chi connectivity index (χ4v) is 7.10. The second-order valence-corrected chi connectivity index (χ2v) is 11.8. The third-order valence-corrected chi connectivity index (χ3v) is 9.29. The van der Waals surface area contributed by atoms with Gasteiger partial charge in [0, 0.05) is 12.6 Å². The second-order valence-electron chi connectivity index (χ2n) is 11.8. The molecular weight excluding hydrogens is 564 g/mol. The quantitative estimate of drug-likeness (QED) is 0.214. The van der Waals surface area contributed by atoms with Crippen LogP contribution < -0.4 is 24.3 Å². The molecule has 0 saturated heterocycles. The molecule has 0 aromatic heterocycles. The number of hydrogen-bond donors (Lipinski definition) is 1. The molecule has 0 fully saturated rings. The van der Waals surface area contributed by atoms with Crippen LogP contribution in [0.2, 0.25) is 0 Å². The van der Waals surface area contributed by atoms with E-state index in [0.29, 0.717) is 29.4 Å². The van der Waals surface area contributed by atoms with Gasteiger partial charge in [-0.05, 0) is 89.8 Å². The van der Waals surface area contributed by atoms with Crippen LogP contribution >= 0.6 is 0 Å². The molecule has 1 amide bonds. The number of nitrogens with zero attached hydrogens (tertiary/aromatic N) is 1. The highest BCUT2D eigenvalue weighted by atomic mass is 16.5. The van der Waals surface area contributed by atoms with Gasteiger partial charge in [0.1, 0.15) is 6.04 Å². The predicted molar refractivity (Wildman–Crippen MR) is 175 cm³/mol. The first-order valence-electron chi connectivity index (χ1n) is 15.7. The van der Waals surface area contributed by atoms with Gasteiger partial charge in [0.25, 0.3) is 0 Å². The van der Waals surface area contributed by atoms with Crippen LogP contribution in [0.4, 0.5) is 0 Å². The van der Waals surface area contributed by atoms with E-state index in [1.807, 2.05) is 30.3 Å². The van der Waals surface area contributed by atoms with Crippen molar-refractivity contribution in [3.63, 3.8) is 0 Å². The highest BCUT2D eigenvalue weighted by molar-refractivity contribution is 5.84. The molecule has 7 heteroatoms. The molecule has 0 spiro atoms. The number of amides is 1. The molecular formula is C38H42N2O5. The Morgan fingerprint density at radius 2 is 1.44 bits per heavy atom. The third kappa shape index (κ3) is 6.22. The number of methoxy groups -OCH3 is 4. The average Bonchev–Trinajstić information content (AvgIpc) is 3.41. The Morgan fingerprint density at radius 3 is 2.20 bits per heavy atom. The summed E-state index contributed by atoms with van der Waals surface area (Å²) in [5, 5.41) is 3.47. The maximum Gasteiger partial charge on any atom is 0.242 e. The average molecular weight is 607 g/mol. The summed E-state index contributed by atoms with van der Waals surface area (Å²) < 4.78 is 22.7. The minimum absolute atomic E-state index is 0.00664. The van der Waals surface area contributed by atoms with Crippen molar-refractivity contribution in [2.24, 2.45) is 0 Å². The van der Waals surface area contributed by atoms with Crippen molar-refractivity contribution in [1.29, 1.82) is 0 Å². The molecule has 4 aromatic rings. The molecule has 6 rings (SSSR count). The molecule has 0 radical (unpaired) electrons. The van der Waals surface area contributed by atoms with Crippen LogP contribution in [0.1, 0.15) is 64.3 Å². The summed E-state index contributed by atoms with van der Waals surface area (Å²) in [6.45, 7) is 0.742. The molecule has 3 unspecified atom stereocenters. The lowest BCUT2D eigenvalue weighted by atomic mass is 9.91. The maximum absolute atomic E-state index is 14.6. The Hall–Kier alpha value is -4.49. The normalized spacial score (nSPS) is 18.2. The topological polar surface area (TPSA) is 69.3 Å². The molecule has 2 aliphatic rings. The van der Waals surface area contributed by atoms with E-state index in [0.717, 1.165) is 48.9 Å². The molecule has 7 nitrogen and oxygen atoms in total. The number of benzene rings is 4. The van der Waals surface area contributed by atoms with E-state index in [4.69, 9.17) is 18.9 Å². The van der Waals surface area contributed by atoms with E-state index in [2.05, 4.69) is 64.8 Å². The SMILES string of the molecule is COc1ccc(CC2c3cc(OC)c(OC)cc3CCCN2C(C(=O)NC2CCc3ccccc32)c2ccccc2)cc1OC. The number of fused-ring (bicyclic) bond motifs is 2. The number of carbonyl (C=O) groups is 1. The number of hydrogen-bond acceptors (Lipinski definition) is 6. The van der Waals surface area contributed by atoms with Crippen molar-refractivity contribution in [3.8, 4) is 23.0 Å². The van der Waals surface area contributed by atoms with Crippen molar-refractivity contribution in [2.45, 2.75) is 50.2 Å². The minimum atomic E-state index is -0.497. The van der Waals surface area contributed by atoms with Gasteiger partial charge in [0.05, 0.1) is 34.5 Å². The largest absolute Gasteiger partial charge is 0.493 e. The molecule has 0 saturated carbocycles. The first kappa shape index (κ1) is 30.5. The van der Waals surface area contributed by atoms with Crippen LogP contribution in [0.25, 0.3) is 0 Å².